The van der Waals surface area contributed by atoms with Crippen LogP contribution < -0.4 is 10.9 Å². The van der Waals surface area contributed by atoms with Gasteiger partial charge in [0.15, 0.2) is 0 Å². The van der Waals surface area contributed by atoms with Crippen molar-refractivity contribution in [3.63, 3.8) is 0 Å². The van der Waals surface area contributed by atoms with Gasteiger partial charge in [-0.3, -0.25) is 9.59 Å². The molecule has 0 aliphatic heterocycles. The zero-order chi connectivity index (χ0) is 15.6. The number of aromatic amines is 1. The summed E-state index contributed by atoms with van der Waals surface area (Å²) < 4.78 is 50.7. The van der Waals surface area contributed by atoms with E-state index in [9.17, 15) is 27.2 Å². The van der Waals surface area contributed by atoms with Crippen LogP contribution in [-0.4, -0.2) is 15.9 Å². The van der Waals surface area contributed by atoms with Crippen molar-refractivity contribution in [2.45, 2.75) is 6.18 Å². The minimum Gasteiger partial charge on any atom is -0.321 e. The molecular formula is C12H7F4N3O2. The second-order valence-corrected chi connectivity index (χ2v) is 3.94. The monoisotopic (exact) mass is 301 g/mol. The van der Waals surface area contributed by atoms with Gasteiger partial charge in [-0.25, -0.2) is 9.37 Å². The van der Waals surface area contributed by atoms with Crippen molar-refractivity contribution < 1.29 is 22.4 Å². The first-order valence-corrected chi connectivity index (χ1v) is 5.50. The normalized spacial score (nSPS) is 11.2. The van der Waals surface area contributed by atoms with Crippen molar-refractivity contribution in [3.8, 4) is 0 Å². The first-order chi connectivity index (χ1) is 9.77. The zero-order valence-electron chi connectivity index (χ0n) is 10.2. The smallest absolute Gasteiger partial charge is 0.321 e. The molecule has 0 bridgehead atoms. The number of nitrogens with zero attached hydrogens (tertiary/aromatic N) is 1. The van der Waals surface area contributed by atoms with Crippen LogP contribution in [0.2, 0.25) is 0 Å². The predicted octanol–water partition coefficient (Wildman–Crippen LogP) is 2.18. The summed E-state index contributed by atoms with van der Waals surface area (Å²) in [5.74, 6) is -2.34. The summed E-state index contributed by atoms with van der Waals surface area (Å²) in [6, 6.07) is 2.89. The Morgan fingerprint density at radius 2 is 1.95 bits per heavy atom. The fourth-order valence-corrected chi connectivity index (χ4v) is 1.51. The Labute approximate surface area is 114 Å². The van der Waals surface area contributed by atoms with E-state index in [2.05, 4.69) is 15.3 Å². The van der Waals surface area contributed by atoms with Crippen LogP contribution in [0.4, 0.5) is 23.2 Å². The number of carbonyl (C=O) groups excluding carboxylic acids is 1. The highest BCUT2D eigenvalue weighted by molar-refractivity contribution is 6.02. The minimum atomic E-state index is -4.88. The number of hydrogen-bond donors (Lipinski definition) is 2. The number of carbonyl (C=O) groups is 1. The third-order valence-corrected chi connectivity index (χ3v) is 2.44. The molecule has 2 aromatic rings. The third kappa shape index (κ3) is 3.44. The lowest BCUT2D eigenvalue weighted by atomic mass is 10.1. The molecule has 0 aliphatic rings. The SMILES string of the molecule is O=C(Nc1ccc(F)c(C(F)(F)F)c1)c1cc(=O)[nH]cn1. The number of aromatic nitrogens is 2. The van der Waals surface area contributed by atoms with Crippen molar-refractivity contribution >= 4 is 11.6 Å². The van der Waals surface area contributed by atoms with E-state index >= 15 is 0 Å². The number of alkyl halides is 3. The van der Waals surface area contributed by atoms with Gasteiger partial charge >= 0.3 is 6.18 Å². The summed E-state index contributed by atoms with van der Waals surface area (Å²) in [5, 5.41) is 2.10. The molecule has 0 saturated carbocycles. The van der Waals surface area contributed by atoms with Crippen LogP contribution in [-0.2, 0) is 6.18 Å². The van der Waals surface area contributed by atoms with E-state index in [0.717, 1.165) is 18.5 Å². The second kappa shape index (κ2) is 5.35. The molecule has 9 heteroatoms. The van der Waals surface area contributed by atoms with Crippen LogP contribution in [0.15, 0.2) is 35.4 Å². The maximum absolute atomic E-state index is 13.1. The average Bonchev–Trinajstić information content (AvgIpc) is 2.39. The summed E-state index contributed by atoms with van der Waals surface area (Å²) in [5.41, 5.74) is -2.64. The number of rotatable bonds is 2. The average molecular weight is 301 g/mol. The molecular weight excluding hydrogens is 294 g/mol. The van der Waals surface area contributed by atoms with Gasteiger partial charge < -0.3 is 10.3 Å². The minimum absolute atomic E-state index is 0.268. The number of halogens is 4. The molecule has 0 saturated heterocycles. The van der Waals surface area contributed by atoms with E-state index in [0.29, 0.717) is 12.1 Å². The van der Waals surface area contributed by atoms with Gasteiger partial charge in [-0.15, -0.1) is 0 Å². The van der Waals surface area contributed by atoms with E-state index in [-0.39, 0.29) is 11.4 Å². The number of anilines is 1. The molecule has 21 heavy (non-hydrogen) atoms. The molecule has 0 unspecified atom stereocenters. The van der Waals surface area contributed by atoms with Crippen molar-refractivity contribution in [1.29, 1.82) is 0 Å². The lowest BCUT2D eigenvalue weighted by molar-refractivity contribution is -0.139. The summed E-state index contributed by atoms with van der Waals surface area (Å²) in [6.45, 7) is 0. The molecule has 1 amide bonds. The molecule has 0 aliphatic carbocycles. The molecule has 1 aromatic carbocycles. The van der Waals surface area contributed by atoms with E-state index in [1.807, 2.05) is 0 Å². The summed E-state index contributed by atoms with van der Waals surface area (Å²) in [7, 11) is 0. The van der Waals surface area contributed by atoms with Gasteiger partial charge in [0.2, 0.25) is 0 Å². The Balaban J connectivity index is 2.28. The number of H-pyrrole nitrogens is 1. The van der Waals surface area contributed by atoms with Crippen LogP contribution in [0.25, 0.3) is 0 Å². The van der Waals surface area contributed by atoms with Gasteiger partial charge in [0.05, 0.1) is 11.9 Å². The highest BCUT2D eigenvalue weighted by atomic mass is 19.4. The molecule has 2 N–H and O–H groups in total. The molecule has 0 radical (unpaired) electrons. The number of nitrogens with one attached hydrogen (secondary N) is 2. The largest absolute Gasteiger partial charge is 0.419 e. The molecule has 1 aromatic heterocycles. The Morgan fingerprint density at radius 1 is 1.24 bits per heavy atom. The van der Waals surface area contributed by atoms with Gasteiger partial charge in [0.1, 0.15) is 11.5 Å². The quantitative estimate of drug-likeness (QED) is 0.835. The topological polar surface area (TPSA) is 74.8 Å². The molecule has 110 valence electrons. The number of benzene rings is 1. The van der Waals surface area contributed by atoms with Gasteiger partial charge in [0, 0.05) is 11.8 Å². The van der Waals surface area contributed by atoms with Gasteiger partial charge in [-0.2, -0.15) is 13.2 Å². The van der Waals surface area contributed by atoms with Crippen LogP contribution in [0, 0.1) is 5.82 Å². The lowest BCUT2D eigenvalue weighted by Gasteiger charge is -2.10. The van der Waals surface area contributed by atoms with Gasteiger partial charge in [0.25, 0.3) is 11.5 Å². The Morgan fingerprint density at radius 3 is 2.57 bits per heavy atom. The van der Waals surface area contributed by atoms with Gasteiger partial charge in [-0.1, -0.05) is 0 Å². The fourth-order valence-electron chi connectivity index (χ4n) is 1.51. The molecule has 1 heterocycles. The van der Waals surface area contributed by atoms with Crippen molar-refractivity contribution in [3.05, 3.63) is 58.0 Å². The van der Waals surface area contributed by atoms with E-state index in [1.54, 1.807) is 0 Å². The first kappa shape index (κ1) is 14.7. The van der Waals surface area contributed by atoms with Crippen molar-refractivity contribution in [2.24, 2.45) is 0 Å². The maximum atomic E-state index is 13.1. The number of hydrogen-bond acceptors (Lipinski definition) is 3. The van der Waals surface area contributed by atoms with E-state index in [4.69, 9.17) is 0 Å². The Bertz CT molecular complexity index is 740. The molecule has 2 rings (SSSR count). The maximum Gasteiger partial charge on any atom is 0.419 e. The van der Waals surface area contributed by atoms with Crippen LogP contribution >= 0.6 is 0 Å². The molecule has 0 atom stereocenters. The predicted molar refractivity (Wildman–Crippen MR) is 64.2 cm³/mol. The Hall–Kier alpha value is -2.71. The highest BCUT2D eigenvalue weighted by Gasteiger charge is 2.34. The highest BCUT2D eigenvalue weighted by Crippen LogP contribution is 2.33. The third-order valence-electron chi connectivity index (χ3n) is 2.44. The van der Waals surface area contributed by atoms with Crippen molar-refractivity contribution in [2.75, 3.05) is 5.32 Å². The fraction of sp³-hybridized carbons (Fsp3) is 0.0833. The van der Waals surface area contributed by atoms with Crippen molar-refractivity contribution in [1.82, 2.24) is 9.97 Å². The standard InChI is InChI=1S/C12H7F4N3O2/c13-8-2-1-6(3-7(8)12(14,15)16)19-11(21)9-4-10(20)18-5-17-9/h1-5H,(H,19,21)(H,17,18,20). The summed E-state index contributed by atoms with van der Waals surface area (Å²) in [4.78, 5) is 28.5. The Kier molecular flexibility index (Phi) is 3.74. The van der Waals surface area contributed by atoms with Crippen LogP contribution in [0.1, 0.15) is 16.1 Å². The lowest BCUT2D eigenvalue weighted by Crippen LogP contribution is -2.18. The molecule has 5 nitrogen and oxygen atoms in total. The molecule has 0 fully saturated rings. The second-order valence-electron chi connectivity index (χ2n) is 3.94. The zero-order valence-corrected chi connectivity index (χ0v) is 10.2. The molecule has 0 spiro atoms. The van der Waals surface area contributed by atoms with Gasteiger partial charge in [-0.05, 0) is 18.2 Å². The summed E-state index contributed by atoms with van der Waals surface area (Å²) in [6.07, 6.45) is -3.91. The van der Waals surface area contributed by atoms with Crippen LogP contribution in [0.3, 0.4) is 0 Å². The first-order valence-electron chi connectivity index (χ1n) is 5.50. The number of amides is 1. The van der Waals surface area contributed by atoms with E-state index < -0.39 is 29.0 Å². The van der Waals surface area contributed by atoms with Crippen LogP contribution in [0.5, 0.6) is 0 Å². The summed E-state index contributed by atoms with van der Waals surface area (Å²) >= 11 is 0. The van der Waals surface area contributed by atoms with E-state index in [1.165, 1.54) is 0 Å².